The van der Waals surface area contributed by atoms with Crippen LogP contribution in [-0.4, -0.2) is 4.98 Å². The molecule has 3 rings (SSSR count). The highest BCUT2D eigenvalue weighted by atomic mass is 16.3. The molecule has 0 aliphatic rings. The Hall–Kier alpha value is -2.75. The quantitative estimate of drug-likeness (QED) is 0.708. The average Bonchev–Trinajstić information content (AvgIpc) is 3.01. The van der Waals surface area contributed by atoms with Crippen LogP contribution in [0.3, 0.4) is 0 Å². The summed E-state index contributed by atoms with van der Waals surface area (Å²) in [7, 11) is 0. The van der Waals surface area contributed by atoms with Crippen LogP contribution in [0.4, 0.5) is 11.4 Å². The van der Waals surface area contributed by atoms with E-state index in [1.165, 1.54) is 6.39 Å². The van der Waals surface area contributed by atoms with Crippen LogP contribution in [0.5, 0.6) is 0 Å². The summed E-state index contributed by atoms with van der Waals surface area (Å²) in [5.41, 5.74) is 9.82. The summed E-state index contributed by atoms with van der Waals surface area (Å²) in [5.74, 6) is 0.757. The molecule has 20 heavy (non-hydrogen) atoms. The lowest BCUT2D eigenvalue weighted by Crippen LogP contribution is -2.02. The molecule has 0 aliphatic carbocycles. The van der Waals surface area contributed by atoms with Crippen molar-refractivity contribution in [2.24, 2.45) is 0 Å². The number of oxazole rings is 1. The Kier molecular flexibility index (Phi) is 3.37. The SMILES string of the molecule is Nc1ccccc1CNc1cccc(-c2cnco2)c1. The molecule has 0 spiro atoms. The van der Waals surface area contributed by atoms with Gasteiger partial charge >= 0.3 is 0 Å². The highest BCUT2D eigenvalue weighted by Crippen LogP contribution is 2.22. The molecular weight excluding hydrogens is 250 g/mol. The van der Waals surface area contributed by atoms with Crippen LogP contribution in [0.1, 0.15) is 5.56 Å². The van der Waals surface area contributed by atoms with Crippen molar-refractivity contribution in [3.8, 4) is 11.3 Å². The van der Waals surface area contributed by atoms with Gasteiger partial charge in [-0.2, -0.15) is 0 Å². The van der Waals surface area contributed by atoms with Gasteiger partial charge in [0.2, 0.25) is 0 Å². The zero-order valence-corrected chi connectivity index (χ0v) is 10.9. The third kappa shape index (κ3) is 2.64. The molecule has 0 saturated carbocycles. The molecular formula is C16H15N3O. The van der Waals surface area contributed by atoms with Gasteiger partial charge in [-0.05, 0) is 23.8 Å². The van der Waals surface area contributed by atoms with Crippen molar-refractivity contribution in [2.75, 3.05) is 11.1 Å². The van der Waals surface area contributed by atoms with Gasteiger partial charge in [0.05, 0.1) is 6.20 Å². The van der Waals surface area contributed by atoms with Crippen molar-refractivity contribution in [1.82, 2.24) is 4.98 Å². The van der Waals surface area contributed by atoms with E-state index in [1.54, 1.807) is 6.20 Å². The third-order valence-electron chi connectivity index (χ3n) is 3.12. The van der Waals surface area contributed by atoms with E-state index in [2.05, 4.69) is 10.3 Å². The molecule has 0 fully saturated rings. The first-order valence-electron chi connectivity index (χ1n) is 6.39. The Bertz CT molecular complexity index is 692. The Labute approximate surface area is 117 Å². The van der Waals surface area contributed by atoms with Crippen LogP contribution >= 0.6 is 0 Å². The first-order chi connectivity index (χ1) is 9.83. The highest BCUT2D eigenvalue weighted by Gasteiger charge is 2.03. The Balaban J connectivity index is 1.75. The minimum atomic E-state index is 0.687. The summed E-state index contributed by atoms with van der Waals surface area (Å²) in [6.07, 6.45) is 3.13. The van der Waals surface area contributed by atoms with Crippen molar-refractivity contribution < 1.29 is 4.42 Å². The predicted octanol–water partition coefficient (Wildman–Crippen LogP) is 3.54. The molecule has 0 atom stereocenters. The molecule has 0 radical (unpaired) electrons. The number of para-hydroxylation sites is 1. The van der Waals surface area contributed by atoms with Gasteiger partial charge in [0.25, 0.3) is 0 Å². The number of rotatable bonds is 4. The van der Waals surface area contributed by atoms with E-state index in [4.69, 9.17) is 10.2 Å². The number of nitrogens with one attached hydrogen (secondary N) is 1. The van der Waals surface area contributed by atoms with Gasteiger partial charge in [0.1, 0.15) is 0 Å². The van der Waals surface area contributed by atoms with Gasteiger partial charge in [0, 0.05) is 23.5 Å². The maximum atomic E-state index is 5.93. The number of anilines is 2. The van der Waals surface area contributed by atoms with Crippen LogP contribution in [-0.2, 0) is 6.54 Å². The highest BCUT2D eigenvalue weighted by molar-refractivity contribution is 5.63. The van der Waals surface area contributed by atoms with E-state index in [9.17, 15) is 0 Å². The van der Waals surface area contributed by atoms with Gasteiger partial charge in [-0.3, -0.25) is 0 Å². The van der Waals surface area contributed by atoms with Gasteiger partial charge in [-0.1, -0.05) is 30.3 Å². The number of hydrogen-bond donors (Lipinski definition) is 2. The van der Waals surface area contributed by atoms with Crippen molar-refractivity contribution in [3.05, 3.63) is 66.7 Å². The largest absolute Gasteiger partial charge is 0.444 e. The molecule has 4 heteroatoms. The summed E-state index contributed by atoms with van der Waals surface area (Å²) in [4.78, 5) is 3.93. The van der Waals surface area contributed by atoms with Gasteiger partial charge < -0.3 is 15.5 Å². The van der Waals surface area contributed by atoms with Crippen molar-refractivity contribution in [3.63, 3.8) is 0 Å². The molecule has 0 bridgehead atoms. The van der Waals surface area contributed by atoms with E-state index in [0.29, 0.717) is 6.54 Å². The fourth-order valence-corrected chi connectivity index (χ4v) is 2.03. The lowest BCUT2D eigenvalue weighted by Gasteiger charge is -2.09. The third-order valence-corrected chi connectivity index (χ3v) is 3.12. The molecule has 0 aliphatic heterocycles. The second-order valence-corrected chi connectivity index (χ2v) is 4.50. The second-order valence-electron chi connectivity index (χ2n) is 4.50. The van der Waals surface area contributed by atoms with Crippen LogP contribution in [0.25, 0.3) is 11.3 Å². The summed E-state index contributed by atoms with van der Waals surface area (Å²) in [5, 5.41) is 3.36. The zero-order valence-electron chi connectivity index (χ0n) is 10.9. The standard InChI is InChI=1S/C16H15N3O/c17-15-7-2-1-4-13(15)9-19-14-6-3-5-12(8-14)16-10-18-11-20-16/h1-8,10-11,19H,9,17H2. The lowest BCUT2D eigenvalue weighted by molar-refractivity contribution is 0.572. The van der Waals surface area contributed by atoms with Gasteiger partial charge in [0.15, 0.2) is 12.2 Å². The zero-order chi connectivity index (χ0) is 13.8. The van der Waals surface area contributed by atoms with Crippen molar-refractivity contribution in [2.45, 2.75) is 6.54 Å². The first kappa shape index (κ1) is 12.3. The molecule has 1 heterocycles. The lowest BCUT2D eigenvalue weighted by atomic mass is 10.1. The summed E-state index contributed by atoms with van der Waals surface area (Å²) >= 11 is 0. The number of nitrogen functional groups attached to an aromatic ring is 1. The van der Waals surface area contributed by atoms with Crippen LogP contribution in [0.2, 0.25) is 0 Å². The normalized spacial score (nSPS) is 10.4. The first-order valence-corrected chi connectivity index (χ1v) is 6.39. The Morgan fingerprint density at radius 2 is 2.00 bits per heavy atom. The van der Waals surface area contributed by atoms with Gasteiger partial charge in [-0.15, -0.1) is 0 Å². The summed E-state index contributed by atoms with van der Waals surface area (Å²) in [6.45, 7) is 0.687. The van der Waals surface area contributed by atoms with Crippen LogP contribution in [0, 0.1) is 0 Å². The van der Waals surface area contributed by atoms with E-state index >= 15 is 0 Å². The molecule has 100 valence electrons. The summed E-state index contributed by atoms with van der Waals surface area (Å²) in [6, 6.07) is 15.8. The topological polar surface area (TPSA) is 64.1 Å². The number of aromatic nitrogens is 1. The van der Waals surface area contributed by atoms with Crippen LogP contribution in [0.15, 0.2) is 65.5 Å². The van der Waals surface area contributed by atoms with E-state index in [0.717, 1.165) is 28.3 Å². The molecule has 3 N–H and O–H groups in total. The second kappa shape index (κ2) is 5.48. The number of nitrogens with zero attached hydrogens (tertiary/aromatic N) is 1. The molecule has 0 unspecified atom stereocenters. The molecule has 2 aromatic carbocycles. The Morgan fingerprint density at radius 1 is 1.10 bits per heavy atom. The van der Waals surface area contributed by atoms with E-state index < -0.39 is 0 Å². The fraction of sp³-hybridized carbons (Fsp3) is 0.0625. The maximum absolute atomic E-state index is 5.93. The molecule has 4 nitrogen and oxygen atoms in total. The van der Waals surface area contributed by atoms with E-state index in [1.807, 2.05) is 48.5 Å². The minimum Gasteiger partial charge on any atom is -0.444 e. The number of benzene rings is 2. The average molecular weight is 265 g/mol. The Morgan fingerprint density at radius 3 is 2.80 bits per heavy atom. The van der Waals surface area contributed by atoms with Crippen LogP contribution < -0.4 is 11.1 Å². The summed E-state index contributed by atoms with van der Waals surface area (Å²) < 4.78 is 5.30. The van der Waals surface area contributed by atoms with E-state index in [-0.39, 0.29) is 0 Å². The smallest absolute Gasteiger partial charge is 0.181 e. The molecule has 0 amide bonds. The molecule has 3 aromatic rings. The minimum absolute atomic E-state index is 0.687. The monoisotopic (exact) mass is 265 g/mol. The van der Waals surface area contributed by atoms with Crippen molar-refractivity contribution in [1.29, 1.82) is 0 Å². The van der Waals surface area contributed by atoms with Crippen molar-refractivity contribution >= 4 is 11.4 Å². The van der Waals surface area contributed by atoms with Gasteiger partial charge in [-0.25, -0.2) is 4.98 Å². The molecule has 0 saturated heterocycles. The predicted molar refractivity (Wildman–Crippen MR) is 80.1 cm³/mol. The number of nitrogens with two attached hydrogens (primary N) is 1. The molecule has 1 aromatic heterocycles. The number of hydrogen-bond acceptors (Lipinski definition) is 4. The fourth-order valence-electron chi connectivity index (χ4n) is 2.03. The maximum Gasteiger partial charge on any atom is 0.181 e.